The van der Waals surface area contributed by atoms with E-state index in [4.69, 9.17) is 9.72 Å². The molecule has 1 aliphatic heterocycles. The summed E-state index contributed by atoms with van der Waals surface area (Å²) in [6.45, 7) is 5.10. The lowest BCUT2D eigenvalue weighted by Gasteiger charge is -2.37. The maximum absolute atomic E-state index is 12.1. The van der Waals surface area contributed by atoms with E-state index in [1.54, 1.807) is 31.4 Å². The molecule has 4 rings (SSSR count). The van der Waals surface area contributed by atoms with E-state index in [2.05, 4.69) is 15.1 Å². The molecule has 1 fully saturated rings. The Kier molecular flexibility index (Phi) is 7.15. The van der Waals surface area contributed by atoms with Crippen LogP contribution in [0.2, 0.25) is 0 Å². The van der Waals surface area contributed by atoms with Crippen LogP contribution in [0.25, 0.3) is 10.9 Å². The fraction of sp³-hybridized carbons (Fsp3) is 0.346. The molecular weight excluding hydrogens is 432 g/mol. The number of benzene rings is 2. The second-order valence-corrected chi connectivity index (χ2v) is 8.39. The number of aromatic nitrogens is 1. The van der Waals surface area contributed by atoms with Crippen LogP contribution in [-0.2, 0) is 4.79 Å². The molecule has 3 aromatic rings. The van der Waals surface area contributed by atoms with E-state index in [1.807, 2.05) is 31.2 Å². The predicted molar refractivity (Wildman–Crippen MR) is 134 cm³/mol. The van der Waals surface area contributed by atoms with Crippen LogP contribution in [0.5, 0.6) is 5.75 Å². The Morgan fingerprint density at radius 1 is 1.03 bits per heavy atom. The molecule has 0 radical (unpaired) electrons. The Morgan fingerprint density at radius 2 is 1.74 bits per heavy atom. The summed E-state index contributed by atoms with van der Waals surface area (Å²) < 4.78 is 5.24. The molecule has 2 N–H and O–H groups in total. The number of fused-ring (bicyclic) bond motifs is 1. The number of unbranched alkanes of at least 4 members (excludes halogenated alkanes) is 1. The Morgan fingerprint density at radius 3 is 2.38 bits per heavy atom. The second-order valence-electron chi connectivity index (χ2n) is 8.39. The molecule has 0 unspecified atom stereocenters. The van der Waals surface area contributed by atoms with Gasteiger partial charge in [-0.2, -0.15) is 0 Å². The van der Waals surface area contributed by atoms with E-state index in [1.165, 1.54) is 0 Å². The van der Waals surface area contributed by atoms with Gasteiger partial charge in [0.2, 0.25) is 5.91 Å². The molecule has 1 aliphatic rings. The van der Waals surface area contributed by atoms with Crippen LogP contribution in [0.15, 0.2) is 48.5 Å². The van der Waals surface area contributed by atoms with Gasteiger partial charge in [0.05, 0.1) is 18.2 Å². The normalized spacial score (nSPS) is 13.7. The third-order valence-electron chi connectivity index (χ3n) is 6.11. The van der Waals surface area contributed by atoms with Gasteiger partial charge in [-0.1, -0.05) is 13.3 Å². The SMILES string of the molecule is CCCCC(=O)Nc1ccc2nc(N3CCN(c4ccc(OC)cc4)CC3)cc(C(=O)O)c2c1. The van der Waals surface area contributed by atoms with Crippen molar-refractivity contribution in [3.63, 3.8) is 0 Å². The van der Waals surface area contributed by atoms with Crippen LogP contribution in [0, 0.1) is 0 Å². The van der Waals surface area contributed by atoms with Crippen LogP contribution in [-0.4, -0.2) is 55.3 Å². The first-order chi connectivity index (χ1) is 16.5. The van der Waals surface area contributed by atoms with Crippen molar-refractivity contribution in [2.45, 2.75) is 26.2 Å². The van der Waals surface area contributed by atoms with Crippen molar-refractivity contribution in [3.8, 4) is 5.75 Å². The maximum Gasteiger partial charge on any atom is 0.336 e. The number of nitrogens with zero attached hydrogens (tertiary/aromatic N) is 3. The standard InChI is InChI=1S/C26H30N4O4/c1-3-4-5-25(31)27-18-6-11-23-21(16-18)22(26(32)33)17-24(28-23)30-14-12-29(13-15-30)19-7-9-20(34-2)10-8-19/h6-11,16-17H,3-5,12-15H2,1-2H3,(H,27,31)(H,32,33). The molecule has 1 saturated heterocycles. The number of carboxylic acids is 1. The van der Waals surface area contributed by atoms with Crippen LogP contribution in [0.1, 0.15) is 36.5 Å². The summed E-state index contributed by atoms with van der Waals surface area (Å²) in [5.41, 5.74) is 2.49. The average molecular weight is 463 g/mol. The van der Waals surface area contributed by atoms with Gasteiger partial charge in [-0.05, 0) is 55.0 Å². The van der Waals surface area contributed by atoms with Gasteiger partial charge in [0, 0.05) is 49.4 Å². The highest BCUT2D eigenvalue weighted by molar-refractivity contribution is 6.05. The second kappa shape index (κ2) is 10.4. The van der Waals surface area contributed by atoms with Gasteiger partial charge in [-0.25, -0.2) is 9.78 Å². The number of anilines is 3. The van der Waals surface area contributed by atoms with Crippen LogP contribution < -0.4 is 19.9 Å². The minimum Gasteiger partial charge on any atom is -0.497 e. The quantitative estimate of drug-likeness (QED) is 0.512. The molecule has 8 heteroatoms. The van der Waals surface area contributed by atoms with E-state index in [0.29, 0.717) is 28.8 Å². The largest absolute Gasteiger partial charge is 0.497 e. The van der Waals surface area contributed by atoms with E-state index < -0.39 is 5.97 Å². The zero-order valence-corrected chi connectivity index (χ0v) is 19.6. The number of carbonyl (C=O) groups excluding carboxylic acids is 1. The molecule has 0 atom stereocenters. The first kappa shape index (κ1) is 23.4. The summed E-state index contributed by atoms with van der Waals surface area (Å²) in [6, 6.07) is 14.9. The summed E-state index contributed by atoms with van der Waals surface area (Å²) in [5.74, 6) is 0.393. The predicted octanol–water partition coefficient (Wildman–Crippen LogP) is 4.40. The van der Waals surface area contributed by atoms with Crippen molar-refractivity contribution in [3.05, 3.63) is 54.1 Å². The topological polar surface area (TPSA) is 95.0 Å². The minimum atomic E-state index is -1.01. The lowest BCUT2D eigenvalue weighted by molar-refractivity contribution is -0.116. The minimum absolute atomic E-state index is 0.0719. The average Bonchev–Trinajstić information content (AvgIpc) is 2.87. The monoisotopic (exact) mass is 462 g/mol. The van der Waals surface area contributed by atoms with Crippen molar-refractivity contribution >= 4 is 40.0 Å². The van der Waals surface area contributed by atoms with Gasteiger partial charge in [0.25, 0.3) is 0 Å². The molecule has 1 aromatic heterocycles. The first-order valence-electron chi connectivity index (χ1n) is 11.6. The number of carboxylic acid groups (broad SMARTS) is 1. The lowest BCUT2D eigenvalue weighted by Crippen LogP contribution is -2.46. The molecule has 0 aliphatic carbocycles. The molecular formula is C26H30N4O4. The maximum atomic E-state index is 12.1. The Labute approximate surface area is 199 Å². The molecule has 2 heterocycles. The summed E-state index contributed by atoms with van der Waals surface area (Å²) in [7, 11) is 1.65. The number of piperazine rings is 1. The molecule has 2 aromatic carbocycles. The van der Waals surface area contributed by atoms with Gasteiger partial charge < -0.3 is 25.0 Å². The summed E-state index contributed by atoms with van der Waals surface area (Å²) in [5, 5.41) is 13.2. The molecule has 8 nitrogen and oxygen atoms in total. The molecule has 0 saturated carbocycles. The highest BCUT2D eigenvalue weighted by Gasteiger charge is 2.21. The number of nitrogens with one attached hydrogen (secondary N) is 1. The van der Waals surface area contributed by atoms with Crippen molar-refractivity contribution in [1.29, 1.82) is 0 Å². The van der Waals surface area contributed by atoms with Gasteiger partial charge in [-0.15, -0.1) is 0 Å². The number of pyridine rings is 1. The molecule has 34 heavy (non-hydrogen) atoms. The number of rotatable bonds is 8. The van der Waals surface area contributed by atoms with Crippen LogP contribution in [0.3, 0.4) is 0 Å². The summed E-state index contributed by atoms with van der Waals surface area (Å²) in [4.78, 5) is 33.3. The van der Waals surface area contributed by atoms with E-state index in [9.17, 15) is 14.7 Å². The summed E-state index contributed by atoms with van der Waals surface area (Å²) in [6.07, 6.45) is 2.20. The zero-order chi connectivity index (χ0) is 24.1. The fourth-order valence-electron chi connectivity index (χ4n) is 4.18. The van der Waals surface area contributed by atoms with Gasteiger partial charge >= 0.3 is 5.97 Å². The first-order valence-corrected chi connectivity index (χ1v) is 11.6. The fourth-order valence-corrected chi connectivity index (χ4v) is 4.18. The van der Waals surface area contributed by atoms with Gasteiger partial charge in [0.15, 0.2) is 0 Å². The number of aromatic carboxylic acids is 1. The number of hydrogen-bond donors (Lipinski definition) is 2. The van der Waals surface area contributed by atoms with E-state index in [0.717, 1.165) is 50.5 Å². The Hall–Kier alpha value is -3.81. The molecule has 0 bridgehead atoms. The van der Waals surface area contributed by atoms with Gasteiger partial charge in [0.1, 0.15) is 11.6 Å². The van der Waals surface area contributed by atoms with E-state index >= 15 is 0 Å². The van der Waals surface area contributed by atoms with Crippen molar-refractivity contribution in [1.82, 2.24) is 4.98 Å². The molecule has 178 valence electrons. The Bertz CT molecular complexity index is 1170. The van der Waals surface area contributed by atoms with Crippen LogP contribution in [0.4, 0.5) is 17.2 Å². The molecule has 1 amide bonds. The third-order valence-corrected chi connectivity index (χ3v) is 6.11. The number of carbonyl (C=O) groups is 2. The smallest absolute Gasteiger partial charge is 0.336 e. The Balaban J connectivity index is 1.52. The number of hydrogen-bond acceptors (Lipinski definition) is 6. The van der Waals surface area contributed by atoms with Crippen molar-refractivity contribution < 1.29 is 19.4 Å². The van der Waals surface area contributed by atoms with Gasteiger partial charge in [-0.3, -0.25) is 4.79 Å². The number of methoxy groups -OCH3 is 1. The van der Waals surface area contributed by atoms with Crippen molar-refractivity contribution in [2.24, 2.45) is 0 Å². The van der Waals surface area contributed by atoms with Crippen molar-refractivity contribution in [2.75, 3.05) is 48.4 Å². The highest BCUT2D eigenvalue weighted by atomic mass is 16.5. The number of ether oxygens (including phenoxy) is 1. The van der Waals surface area contributed by atoms with Crippen LogP contribution >= 0.6 is 0 Å². The third kappa shape index (κ3) is 5.22. The number of amides is 1. The van der Waals surface area contributed by atoms with E-state index in [-0.39, 0.29) is 11.5 Å². The molecule has 0 spiro atoms. The highest BCUT2D eigenvalue weighted by Crippen LogP contribution is 2.28. The lowest BCUT2D eigenvalue weighted by atomic mass is 10.1. The zero-order valence-electron chi connectivity index (χ0n) is 19.6. The summed E-state index contributed by atoms with van der Waals surface area (Å²) >= 11 is 0.